The normalized spacial score (nSPS) is 10.3. The summed E-state index contributed by atoms with van der Waals surface area (Å²) in [6.45, 7) is 0.681. The molecule has 0 bridgehead atoms. The minimum Gasteiger partial charge on any atom is -0.476 e. The van der Waals surface area contributed by atoms with E-state index in [0.29, 0.717) is 12.4 Å². The van der Waals surface area contributed by atoms with Crippen molar-refractivity contribution in [3.63, 3.8) is 0 Å². The molecular formula is C11H13N5O2. The highest BCUT2D eigenvalue weighted by atomic mass is 16.4. The van der Waals surface area contributed by atoms with E-state index >= 15 is 0 Å². The number of nitrogens with one attached hydrogen (secondary N) is 1. The molecule has 0 atom stereocenters. The maximum Gasteiger partial charge on any atom is 0.356 e. The molecule has 0 saturated carbocycles. The fourth-order valence-electron chi connectivity index (χ4n) is 1.49. The Bertz CT molecular complexity index is 535. The largest absolute Gasteiger partial charge is 0.476 e. The lowest BCUT2D eigenvalue weighted by Crippen LogP contribution is -2.10. The number of aryl methyl sites for hydroxylation is 1. The third-order valence-corrected chi connectivity index (χ3v) is 2.48. The molecule has 2 heterocycles. The number of carbonyl (C=O) groups is 1. The van der Waals surface area contributed by atoms with Crippen molar-refractivity contribution in [3.8, 4) is 0 Å². The third-order valence-electron chi connectivity index (χ3n) is 2.48. The lowest BCUT2D eigenvalue weighted by molar-refractivity contribution is 0.0690. The SMILES string of the molecule is Cn1nccc1CCNc1cnc(C(=O)O)cn1. The Labute approximate surface area is 104 Å². The molecule has 0 spiro atoms. The van der Waals surface area contributed by atoms with Crippen molar-refractivity contribution >= 4 is 11.8 Å². The minimum atomic E-state index is -1.08. The molecular weight excluding hydrogens is 234 g/mol. The molecule has 2 aromatic rings. The molecule has 7 heteroatoms. The van der Waals surface area contributed by atoms with Crippen LogP contribution in [0.4, 0.5) is 5.82 Å². The quantitative estimate of drug-likeness (QED) is 0.802. The number of anilines is 1. The van der Waals surface area contributed by atoms with Crippen LogP contribution in [0.1, 0.15) is 16.2 Å². The van der Waals surface area contributed by atoms with Crippen molar-refractivity contribution in [1.29, 1.82) is 0 Å². The van der Waals surface area contributed by atoms with Crippen LogP contribution in [0.15, 0.2) is 24.7 Å². The zero-order valence-electron chi connectivity index (χ0n) is 9.87. The van der Waals surface area contributed by atoms with Crippen LogP contribution in [0.5, 0.6) is 0 Å². The average Bonchev–Trinajstić information content (AvgIpc) is 2.76. The van der Waals surface area contributed by atoms with Gasteiger partial charge in [-0.05, 0) is 6.07 Å². The summed E-state index contributed by atoms with van der Waals surface area (Å²) in [5.74, 6) is -0.522. The van der Waals surface area contributed by atoms with Crippen molar-refractivity contribution in [1.82, 2.24) is 19.7 Å². The Morgan fingerprint density at radius 2 is 2.28 bits per heavy atom. The molecule has 0 radical (unpaired) electrons. The van der Waals surface area contributed by atoms with E-state index in [9.17, 15) is 4.79 Å². The fourth-order valence-corrected chi connectivity index (χ4v) is 1.49. The molecule has 0 aliphatic rings. The monoisotopic (exact) mass is 247 g/mol. The van der Waals surface area contributed by atoms with Crippen LogP contribution in [0.25, 0.3) is 0 Å². The number of aromatic carboxylic acids is 1. The summed E-state index contributed by atoms with van der Waals surface area (Å²) >= 11 is 0. The van der Waals surface area contributed by atoms with Crippen LogP contribution in [0, 0.1) is 0 Å². The summed E-state index contributed by atoms with van der Waals surface area (Å²) in [5.41, 5.74) is 1.05. The lowest BCUT2D eigenvalue weighted by Gasteiger charge is -2.05. The second-order valence-electron chi connectivity index (χ2n) is 3.71. The lowest BCUT2D eigenvalue weighted by atomic mass is 10.3. The van der Waals surface area contributed by atoms with Gasteiger partial charge in [-0.3, -0.25) is 4.68 Å². The molecule has 0 aromatic carbocycles. The first kappa shape index (κ1) is 12.0. The van der Waals surface area contributed by atoms with Gasteiger partial charge in [0.2, 0.25) is 0 Å². The average molecular weight is 247 g/mol. The zero-order chi connectivity index (χ0) is 13.0. The highest BCUT2D eigenvalue weighted by molar-refractivity contribution is 5.84. The number of carboxylic acids is 1. The van der Waals surface area contributed by atoms with Gasteiger partial charge in [0, 0.05) is 31.9 Å². The van der Waals surface area contributed by atoms with Crippen molar-refractivity contribution < 1.29 is 9.90 Å². The third kappa shape index (κ3) is 2.82. The Morgan fingerprint density at radius 1 is 1.44 bits per heavy atom. The van der Waals surface area contributed by atoms with Crippen LogP contribution in [-0.2, 0) is 13.5 Å². The van der Waals surface area contributed by atoms with Gasteiger partial charge in [0.15, 0.2) is 5.69 Å². The van der Waals surface area contributed by atoms with Gasteiger partial charge in [0.25, 0.3) is 0 Å². The van der Waals surface area contributed by atoms with Gasteiger partial charge in [0.1, 0.15) is 5.82 Å². The summed E-state index contributed by atoms with van der Waals surface area (Å²) in [7, 11) is 1.89. The van der Waals surface area contributed by atoms with Gasteiger partial charge in [0.05, 0.1) is 12.4 Å². The molecule has 2 rings (SSSR count). The summed E-state index contributed by atoms with van der Waals surface area (Å²) in [6, 6.07) is 1.95. The molecule has 0 saturated heterocycles. The predicted octanol–water partition coefficient (Wildman–Crippen LogP) is 0.563. The number of hydrogen-bond acceptors (Lipinski definition) is 5. The van der Waals surface area contributed by atoms with E-state index in [4.69, 9.17) is 5.11 Å². The van der Waals surface area contributed by atoms with Gasteiger partial charge >= 0.3 is 5.97 Å². The Balaban J connectivity index is 1.87. The van der Waals surface area contributed by atoms with E-state index in [2.05, 4.69) is 20.4 Å². The van der Waals surface area contributed by atoms with Crippen molar-refractivity contribution in [2.75, 3.05) is 11.9 Å². The summed E-state index contributed by atoms with van der Waals surface area (Å²) in [6.07, 6.45) is 5.19. The first-order chi connectivity index (χ1) is 8.66. The van der Waals surface area contributed by atoms with Crippen LogP contribution in [0.2, 0.25) is 0 Å². The standard InChI is InChI=1S/C11H13N5O2/c1-16-8(3-5-15-16)2-4-12-10-7-13-9(6-14-10)11(17)18/h3,5-7H,2,4H2,1H3,(H,12,14)(H,17,18). The smallest absolute Gasteiger partial charge is 0.356 e. The minimum absolute atomic E-state index is 0.0628. The fraction of sp³-hybridized carbons (Fsp3) is 0.273. The van der Waals surface area contributed by atoms with Gasteiger partial charge in [-0.2, -0.15) is 5.10 Å². The van der Waals surface area contributed by atoms with E-state index in [1.54, 1.807) is 10.9 Å². The van der Waals surface area contributed by atoms with Gasteiger partial charge in [-0.25, -0.2) is 14.8 Å². The Hall–Kier alpha value is -2.44. The second kappa shape index (κ2) is 5.26. The van der Waals surface area contributed by atoms with Gasteiger partial charge in [-0.15, -0.1) is 0 Å². The summed E-state index contributed by atoms with van der Waals surface area (Å²) < 4.78 is 1.81. The molecule has 0 aliphatic heterocycles. The van der Waals surface area contributed by atoms with E-state index in [1.165, 1.54) is 12.4 Å². The predicted molar refractivity (Wildman–Crippen MR) is 64.4 cm³/mol. The van der Waals surface area contributed by atoms with Crippen LogP contribution in [0.3, 0.4) is 0 Å². The Kier molecular flexibility index (Phi) is 3.52. The molecule has 0 amide bonds. The van der Waals surface area contributed by atoms with Crippen LogP contribution in [-0.4, -0.2) is 37.4 Å². The number of carboxylic acid groups (broad SMARTS) is 1. The molecule has 0 fully saturated rings. The molecule has 0 unspecified atom stereocenters. The molecule has 7 nitrogen and oxygen atoms in total. The number of hydrogen-bond donors (Lipinski definition) is 2. The molecule has 2 N–H and O–H groups in total. The number of rotatable bonds is 5. The first-order valence-corrected chi connectivity index (χ1v) is 5.43. The second-order valence-corrected chi connectivity index (χ2v) is 3.71. The van der Waals surface area contributed by atoms with Crippen molar-refractivity contribution in [2.24, 2.45) is 7.05 Å². The summed E-state index contributed by atoms with van der Waals surface area (Å²) in [5, 5.41) is 15.8. The van der Waals surface area contributed by atoms with Crippen LogP contribution < -0.4 is 5.32 Å². The maximum absolute atomic E-state index is 10.6. The number of aromatic nitrogens is 4. The van der Waals surface area contributed by atoms with Crippen molar-refractivity contribution in [2.45, 2.75) is 6.42 Å². The Morgan fingerprint density at radius 3 is 2.83 bits per heavy atom. The topological polar surface area (TPSA) is 92.9 Å². The van der Waals surface area contributed by atoms with Crippen molar-refractivity contribution in [3.05, 3.63) is 36.0 Å². The first-order valence-electron chi connectivity index (χ1n) is 5.43. The highest BCUT2D eigenvalue weighted by Crippen LogP contribution is 2.02. The van der Waals surface area contributed by atoms with E-state index in [0.717, 1.165) is 12.1 Å². The van der Waals surface area contributed by atoms with E-state index in [-0.39, 0.29) is 5.69 Å². The molecule has 2 aromatic heterocycles. The molecule has 18 heavy (non-hydrogen) atoms. The molecule has 0 aliphatic carbocycles. The van der Waals surface area contributed by atoms with Crippen LogP contribution >= 0.6 is 0 Å². The summed E-state index contributed by atoms with van der Waals surface area (Å²) in [4.78, 5) is 18.3. The van der Waals surface area contributed by atoms with E-state index in [1.807, 2.05) is 13.1 Å². The van der Waals surface area contributed by atoms with E-state index < -0.39 is 5.97 Å². The van der Waals surface area contributed by atoms with Gasteiger partial charge < -0.3 is 10.4 Å². The maximum atomic E-state index is 10.6. The number of nitrogens with zero attached hydrogens (tertiary/aromatic N) is 4. The molecule has 94 valence electrons. The van der Waals surface area contributed by atoms with Gasteiger partial charge in [-0.1, -0.05) is 0 Å². The zero-order valence-corrected chi connectivity index (χ0v) is 9.87. The highest BCUT2D eigenvalue weighted by Gasteiger charge is 2.04.